The molecule has 5 nitrogen and oxygen atoms in total. The molecule has 2 aliphatic rings. The van der Waals surface area contributed by atoms with Crippen molar-refractivity contribution < 1.29 is 19.0 Å². The number of hydrogen-bond acceptors (Lipinski definition) is 4. The molecule has 0 aromatic heterocycles. The Balaban J connectivity index is 1.51. The number of benzene rings is 2. The molecule has 2 aromatic rings. The normalized spacial score (nSPS) is 18.2. The number of carbonyl (C=O) groups excluding carboxylic acids is 1. The van der Waals surface area contributed by atoms with Gasteiger partial charge in [0.15, 0.2) is 0 Å². The Morgan fingerprint density at radius 3 is 2.54 bits per heavy atom. The van der Waals surface area contributed by atoms with Gasteiger partial charge in [-0.15, -0.1) is 0 Å². The second kappa shape index (κ2) is 5.92. The lowest BCUT2D eigenvalue weighted by Crippen LogP contribution is -2.42. The summed E-state index contributed by atoms with van der Waals surface area (Å²) in [7, 11) is 0. The van der Waals surface area contributed by atoms with Crippen LogP contribution in [0.3, 0.4) is 0 Å². The lowest BCUT2D eigenvalue weighted by molar-refractivity contribution is -0.180. The molecule has 2 aliphatic heterocycles. The van der Waals surface area contributed by atoms with Gasteiger partial charge in [0.25, 0.3) is 11.7 Å². The second-order valence-corrected chi connectivity index (χ2v) is 5.95. The van der Waals surface area contributed by atoms with Gasteiger partial charge in [0.1, 0.15) is 12.4 Å². The van der Waals surface area contributed by atoms with E-state index < -0.39 is 5.79 Å². The van der Waals surface area contributed by atoms with Crippen LogP contribution in [-0.4, -0.2) is 32.3 Å². The molecule has 0 atom stereocenters. The molecule has 0 radical (unpaired) electrons. The maximum absolute atomic E-state index is 12.9. The largest absolute Gasteiger partial charge is 0.492 e. The van der Waals surface area contributed by atoms with Gasteiger partial charge < -0.3 is 19.1 Å². The smallest absolute Gasteiger partial charge is 0.292 e. The summed E-state index contributed by atoms with van der Waals surface area (Å²) in [5, 5.41) is 0. The molecule has 0 unspecified atom stereocenters. The van der Waals surface area contributed by atoms with E-state index in [0.29, 0.717) is 26.4 Å². The highest BCUT2D eigenvalue weighted by molar-refractivity contribution is 6.06. The number of hydrogen-bond donors (Lipinski definition) is 0. The summed E-state index contributed by atoms with van der Waals surface area (Å²) in [6, 6.07) is 15.5. The molecule has 1 saturated heterocycles. The van der Waals surface area contributed by atoms with Crippen LogP contribution in [0, 0.1) is 6.92 Å². The molecule has 0 bridgehead atoms. The standard InChI is InChI=1S/C19H19NO4/c1-14-6-8-15(9-7-14)22-11-10-20-17-5-3-2-4-16(17)19(18(20)21)23-12-13-24-19/h2-9H,10-13H2,1H3. The van der Waals surface area contributed by atoms with Gasteiger partial charge in [-0.1, -0.05) is 35.9 Å². The van der Waals surface area contributed by atoms with Crippen LogP contribution < -0.4 is 9.64 Å². The number of amides is 1. The van der Waals surface area contributed by atoms with E-state index in [2.05, 4.69) is 0 Å². The molecule has 1 fully saturated rings. The zero-order chi connectivity index (χ0) is 16.6. The fraction of sp³-hybridized carbons (Fsp3) is 0.316. The molecule has 124 valence electrons. The molecule has 24 heavy (non-hydrogen) atoms. The van der Waals surface area contributed by atoms with Gasteiger partial charge in [-0.3, -0.25) is 4.79 Å². The van der Waals surface area contributed by atoms with Crippen molar-refractivity contribution in [2.75, 3.05) is 31.3 Å². The summed E-state index contributed by atoms with van der Waals surface area (Å²) >= 11 is 0. The van der Waals surface area contributed by atoms with Gasteiger partial charge in [0, 0.05) is 5.56 Å². The maximum atomic E-state index is 12.9. The van der Waals surface area contributed by atoms with Crippen LogP contribution in [0.2, 0.25) is 0 Å². The van der Waals surface area contributed by atoms with Crippen LogP contribution in [-0.2, 0) is 20.1 Å². The lowest BCUT2D eigenvalue weighted by Gasteiger charge is -2.22. The first kappa shape index (κ1) is 15.2. The summed E-state index contributed by atoms with van der Waals surface area (Å²) in [5.74, 6) is -0.641. The number of nitrogens with zero attached hydrogens (tertiary/aromatic N) is 1. The fourth-order valence-electron chi connectivity index (χ4n) is 3.19. The minimum absolute atomic E-state index is 0.172. The molecule has 4 rings (SSSR count). The molecule has 1 spiro atoms. The quantitative estimate of drug-likeness (QED) is 0.867. The molecule has 2 aromatic carbocycles. The SMILES string of the molecule is Cc1ccc(OCCN2C(=O)C3(OCCO3)c3ccccc32)cc1. The first-order valence-corrected chi connectivity index (χ1v) is 8.09. The van der Waals surface area contributed by atoms with Gasteiger partial charge in [-0.05, 0) is 25.1 Å². The van der Waals surface area contributed by atoms with Crippen molar-refractivity contribution >= 4 is 11.6 Å². The van der Waals surface area contributed by atoms with E-state index in [1.807, 2.05) is 55.5 Å². The number of anilines is 1. The van der Waals surface area contributed by atoms with E-state index in [1.165, 1.54) is 5.56 Å². The van der Waals surface area contributed by atoms with Crippen molar-refractivity contribution in [1.29, 1.82) is 0 Å². The van der Waals surface area contributed by atoms with Gasteiger partial charge in [0.05, 0.1) is 25.4 Å². The zero-order valence-electron chi connectivity index (χ0n) is 13.5. The predicted octanol–water partition coefficient (Wildman–Crippen LogP) is 2.62. The van der Waals surface area contributed by atoms with Crippen molar-refractivity contribution in [3.05, 3.63) is 59.7 Å². The summed E-state index contributed by atoms with van der Waals surface area (Å²) in [6.45, 7) is 3.73. The highest BCUT2D eigenvalue weighted by atomic mass is 16.7. The van der Waals surface area contributed by atoms with Crippen LogP contribution in [0.15, 0.2) is 48.5 Å². The average molecular weight is 325 g/mol. The topological polar surface area (TPSA) is 48.0 Å². The van der Waals surface area contributed by atoms with Crippen molar-refractivity contribution in [2.45, 2.75) is 12.7 Å². The average Bonchev–Trinajstić information content (AvgIpc) is 3.18. The van der Waals surface area contributed by atoms with E-state index in [1.54, 1.807) is 4.90 Å². The second-order valence-electron chi connectivity index (χ2n) is 5.95. The van der Waals surface area contributed by atoms with E-state index in [4.69, 9.17) is 14.2 Å². The lowest BCUT2D eigenvalue weighted by atomic mass is 10.1. The molecule has 5 heteroatoms. The summed E-state index contributed by atoms with van der Waals surface area (Å²) in [6.07, 6.45) is 0. The van der Waals surface area contributed by atoms with E-state index in [-0.39, 0.29) is 5.91 Å². The van der Waals surface area contributed by atoms with Crippen LogP contribution in [0.25, 0.3) is 0 Å². The third-order valence-corrected chi connectivity index (χ3v) is 4.37. The highest BCUT2D eigenvalue weighted by Gasteiger charge is 2.55. The first-order valence-electron chi connectivity index (χ1n) is 8.09. The minimum atomic E-state index is -1.26. The molecular weight excluding hydrogens is 306 g/mol. The van der Waals surface area contributed by atoms with Crippen LogP contribution in [0.1, 0.15) is 11.1 Å². The van der Waals surface area contributed by atoms with Gasteiger partial charge >= 0.3 is 0 Å². The Bertz CT molecular complexity index is 750. The third kappa shape index (κ3) is 2.37. The minimum Gasteiger partial charge on any atom is -0.492 e. The van der Waals surface area contributed by atoms with Gasteiger partial charge in [-0.25, -0.2) is 0 Å². The Labute approximate surface area is 140 Å². The number of aryl methyl sites for hydroxylation is 1. The van der Waals surface area contributed by atoms with Gasteiger partial charge in [-0.2, -0.15) is 0 Å². The predicted molar refractivity (Wildman–Crippen MR) is 89.1 cm³/mol. The van der Waals surface area contributed by atoms with E-state index >= 15 is 0 Å². The van der Waals surface area contributed by atoms with Crippen LogP contribution >= 0.6 is 0 Å². The maximum Gasteiger partial charge on any atom is 0.292 e. The number of rotatable bonds is 4. The van der Waals surface area contributed by atoms with Crippen LogP contribution in [0.5, 0.6) is 5.75 Å². The first-order chi connectivity index (χ1) is 11.7. The number of carbonyl (C=O) groups is 1. The van der Waals surface area contributed by atoms with Crippen molar-refractivity contribution in [2.24, 2.45) is 0 Å². The Hall–Kier alpha value is -2.37. The summed E-state index contributed by atoms with van der Waals surface area (Å²) in [5.41, 5.74) is 2.79. The summed E-state index contributed by atoms with van der Waals surface area (Å²) in [4.78, 5) is 14.6. The molecule has 0 saturated carbocycles. The van der Waals surface area contributed by atoms with Crippen LogP contribution in [0.4, 0.5) is 5.69 Å². The molecule has 0 N–H and O–H groups in total. The van der Waals surface area contributed by atoms with Crippen molar-refractivity contribution in [3.63, 3.8) is 0 Å². The Morgan fingerprint density at radius 2 is 1.79 bits per heavy atom. The fourth-order valence-corrected chi connectivity index (χ4v) is 3.19. The number of fused-ring (bicyclic) bond motifs is 2. The highest BCUT2D eigenvalue weighted by Crippen LogP contribution is 2.45. The molecule has 2 heterocycles. The van der Waals surface area contributed by atoms with E-state index in [9.17, 15) is 4.79 Å². The Morgan fingerprint density at radius 1 is 1.08 bits per heavy atom. The van der Waals surface area contributed by atoms with Gasteiger partial charge in [0.2, 0.25) is 0 Å². The Kier molecular flexibility index (Phi) is 3.75. The molecule has 0 aliphatic carbocycles. The summed E-state index contributed by atoms with van der Waals surface area (Å²) < 4.78 is 17.1. The van der Waals surface area contributed by atoms with Crippen molar-refractivity contribution in [1.82, 2.24) is 0 Å². The van der Waals surface area contributed by atoms with Crippen molar-refractivity contribution in [3.8, 4) is 5.75 Å². The number of ether oxygens (including phenoxy) is 3. The zero-order valence-corrected chi connectivity index (χ0v) is 13.5. The third-order valence-electron chi connectivity index (χ3n) is 4.37. The number of para-hydroxylation sites is 1. The molecular formula is C19H19NO4. The monoisotopic (exact) mass is 325 g/mol. The van der Waals surface area contributed by atoms with E-state index in [0.717, 1.165) is 17.0 Å². The molecule has 1 amide bonds.